The molecule has 0 aliphatic heterocycles. The van der Waals surface area contributed by atoms with Crippen LogP contribution in [0.2, 0.25) is 0 Å². The van der Waals surface area contributed by atoms with Gasteiger partial charge in [-0.2, -0.15) is 5.10 Å². The third kappa shape index (κ3) is 2.62. The van der Waals surface area contributed by atoms with Crippen molar-refractivity contribution in [2.75, 3.05) is 0 Å². The van der Waals surface area contributed by atoms with E-state index < -0.39 is 5.91 Å². The van der Waals surface area contributed by atoms with E-state index in [2.05, 4.69) is 15.5 Å². The minimum absolute atomic E-state index is 0.200. The summed E-state index contributed by atoms with van der Waals surface area (Å²) in [6.07, 6.45) is 3.34. The highest BCUT2D eigenvalue weighted by Gasteiger charge is 2.07. The number of nitrogens with one attached hydrogen (secondary N) is 2. The van der Waals surface area contributed by atoms with Gasteiger partial charge in [-0.25, -0.2) is 5.43 Å². The third-order valence-corrected chi connectivity index (χ3v) is 3.23. The van der Waals surface area contributed by atoms with Gasteiger partial charge in [-0.3, -0.25) is 4.79 Å². The van der Waals surface area contributed by atoms with E-state index in [-0.39, 0.29) is 17.1 Å². The number of hydrazone groups is 1. The predicted molar refractivity (Wildman–Crippen MR) is 83.1 cm³/mol. The molecule has 4 N–H and O–H groups in total. The maximum Gasteiger partial charge on any atom is 0.271 e. The Morgan fingerprint density at radius 1 is 1.14 bits per heavy atom. The number of H-pyrrole nitrogens is 1. The van der Waals surface area contributed by atoms with Crippen LogP contribution in [0.25, 0.3) is 10.9 Å². The quantitative estimate of drug-likeness (QED) is 0.339. The van der Waals surface area contributed by atoms with Crippen molar-refractivity contribution in [1.29, 1.82) is 0 Å². The first-order valence-corrected chi connectivity index (χ1v) is 6.56. The molecule has 6 heteroatoms. The number of aromatic hydroxyl groups is 2. The van der Waals surface area contributed by atoms with Crippen molar-refractivity contribution in [1.82, 2.24) is 10.4 Å². The minimum atomic E-state index is -0.480. The van der Waals surface area contributed by atoms with E-state index in [1.54, 1.807) is 6.20 Å². The van der Waals surface area contributed by atoms with E-state index in [0.717, 1.165) is 16.5 Å². The van der Waals surface area contributed by atoms with Gasteiger partial charge < -0.3 is 15.2 Å². The first-order valence-electron chi connectivity index (χ1n) is 6.56. The molecule has 0 aliphatic rings. The summed E-state index contributed by atoms with van der Waals surface area (Å²) in [6.45, 7) is 0. The summed E-state index contributed by atoms with van der Waals surface area (Å²) in [7, 11) is 0. The normalized spacial score (nSPS) is 11.1. The Morgan fingerprint density at radius 3 is 2.77 bits per heavy atom. The Balaban J connectivity index is 1.74. The summed E-state index contributed by atoms with van der Waals surface area (Å²) in [6, 6.07) is 11.6. The van der Waals surface area contributed by atoms with Crippen molar-refractivity contribution >= 4 is 23.0 Å². The van der Waals surface area contributed by atoms with Crippen molar-refractivity contribution in [3.05, 3.63) is 59.8 Å². The lowest BCUT2D eigenvalue weighted by atomic mass is 10.2. The van der Waals surface area contributed by atoms with E-state index in [4.69, 9.17) is 0 Å². The molecule has 0 unspecified atom stereocenters. The van der Waals surface area contributed by atoms with Crippen LogP contribution in [0, 0.1) is 0 Å². The maximum absolute atomic E-state index is 11.9. The molecule has 22 heavy (non-hydrogen) atoms. The molecule has 110 valence electrons. The van der Waals surface area contributed by atoms with Gasteiger partial charge in [-0.05, 0) is 24.3 Å². The second-order valence-corrected chi connectivity index (χ2v) is 4.69. The van der Waals surface area contributed by atoms with Gasteiger partial charge in [-0.1, -0.05) is 18.2 Å². The molecule has 3 rings (SSSR count). The van der Waals surface area contributed by atoms with Crippen LogP contribution >= 0.6 is 0 Å². The Morgan fingerprint density at radius 2 is 1.95 bits per heavy atom. The second-order valence-electron chi connectivity index (χ2n) is 4.69. The zero-order chi connectivity index (χ0) is 15.5. The lowest BCUT2D eigenvalue weighted by Crippen LogP contribution is -2.17. The molecule has 0 radical (unpaired) electrons. The molecule has 3 aromatic rings. The molecule has 0 bridgehead atoms. The lowest BCUT2D eigenvalue weighted by Gasteiger charge is -2.01. The molecule has 0 saturated carbocycles. The number of carbonyl (C=O) groups excluding carboxylic acids is 1. The van der Waals surface area contributed by atoms with Crippen LogP contribution in [0.1, 0.15) is 15.9 Å². The summed E-state index contributed by atoms with van der Waals surface area (Å²) in [5.74, 6) is -1.11. The Labute approximate surface area is 125 Å². The monoisotopic (exact) mass is 295 g/mol. The third-order valence-electron chi connectivity index (χ3n) is 3.23. The average Bonchev–Trinajstić information content (AvgIpc) is 2.93. The number of nitrogens with zero attached hydrogens (tertiary/aromatic N) is 1. The molecular formula is C16H13N3O3. The number of phenols is 2. The number of para-hydroxylation sites is 1. The standard InChI is InChI=1S/C16H13N3O3/c20-14-6-5-10(7-15(14)21)16(22)19-18-9-11-8-17-13-4-2-1-3-12(11)13/h1-9,17,20-21H,(H,19,22)/b18-9+. The van der Waals surface area contributed by atoms with Gasteiger partial charge in [-0.15, -0.1) is 0 Å². The topological polar surface area (TPSA) is 97.7 Å². The van der Waals surface area contributed by atoms with Crippen LogP contribution in [0.4, 0.5) is 0 Å². The first kappa shape index (κ1) is 13.7. The fourth-order valence-electron chi connectivity index (χ4n) is 2.09. The number of carbonyl (C=O) groups is 1. The van der Waals surface area contributed by atoms with Crippen LogP contribution < -0.4 is 5.43 Å². The molecule has 0 fully saturated rings. The summed E-state index contributed by atoms with van der Waals surface area (Å²) in [4.78, 5) is 15.0. The summed E-state index contributed by atoms with van der Waals surface area (Å²) >= 11 is 0. The Kier molecular flexibility index (Phi) is 3.49. The van der Waals surface area contributed by atoms with Crippen LogP contribution in [-0.2, 0) is 0 Å². The molecule has 0 saturated heterocycles. The van der Waals surface area contributed by atoms with E-state index in [9.17, 15) is 15.0 Å². The highest BCUT2D eigenvalue weighted by Crippen LogP contribution is 2.24. The SMILES string of the molecule is O=C(N/N=C/c1c[nH]c2ccccc12)c1ccc(O)c(O)c1. The number of amides is 1. The number of phenolic OH excluding ortho intramolecular Hbond substituents is 2. The number of fused-ring (bicyclic) bond motifs is 1. The van der Waals surface area contributed by atoms with Gasteiger partial charge in [0.05, 0.1) is 6.21 Å². The molecule has 0 spiro atoms. The number of hydrogen-bond donors (Lipinski definition) is 4. The minimum Gasteiger partial charge on any atom is -0.504 e. The number of aromatic amines is 1. The van der Waals surface area contributed by atoms with Crippen molar-refractivity contribution in [3.63, 3.8) is 0 Å². The summed E-state index contributed by atoms with van der Waals surface area (Å²) in [5, 5.41) is 23.5. The maximum atomic E-state index is 11.9. The van der Waals surface area contributed by atoms with Crippen LogP contribution in [0.3, 0.4) is 0 Å². The highest BCUT2D eigenvalue weighted by molar-refractivity contribution is 6.00. The van der Waals surface area contributed by atoms with E-state index in [0.29, 0.717) is 0 Å². The van der Waals surface area contributed by atoms with Gasteiger partial charge in [0.2, 0.25) is 0 Å². The number of rotatable bonds is 3. The first-order chi connectivity index (χ1) is 10.6. The van der Waals surface area contributed by atoms with Gasteiger partial charge >= 0.3 is 0 Å². The van der Waals surface area contributed by atoms with Crippen LogP contribution in [-0.4, -0.2) is 27.3 Å². The van der Waals surface area contributed by atoms with E-state index in [1.165, 1.54) is 24.4 Å². The molecule has 1 aromatic heterocycles. The zero-order valence-electron chi connectivity index (χ0n) is 11.4. The van der Waals surface area contributed by atoms with Gasteiger partial charge in [0, 0.05) is 28.2 Å². The Hall–Kier alpha value is -3.28. The van der Waals surface area contributed by atoms with E-state index >= 15 is 0 Å². The summed E-state index contributed by atoms with van der Waals surface area (Å²) in [5.41, 5.74) is 4.41. The molecular weight excluding hydrogens is 282 g/mol. The van der Waals surface area contributed by atoms with Crippen molar-refractivity contribution < 1.29 is 15.0 Å². The van der Waals surface area contributed by atoms with Crippen LogP contribution in [0.15, 0.2) is 53.8 Å². The van der Waals surface area contributed by atoms with Crippen molar-refractivity contribution in [3.8, 4) is 11.5 Å². The van der Waals surface area contributed by atoms with Crippen molar-refractivity contribution in [2.45, 2.75) is 0 Å². The predicted octanol–water partition coefficient (Wildman–Crippen LogP) is 2.34. The zero-order valence-corrected chi connectivity index (χ0v) is 11.4. The van der Waals surface area contributed by atoms with E-state index in [1.807, 2.05) is 24.3 Å². The van der Waals surface area contributed by atoms with Gasteiger partial charge in [0.25, 0.3) is 5.91 Å². The summed E-state index contributed by atoms with van der Waals surface area (Å²) < 4.78 is 0. The average molecular weight is 295 g/mol. The van der Waals surface area contributed by atoms with Crippen LogP contribution in [0.5, 0.6) is 11.5 Å². The fraction of sp³-hybridized carbons (Fsp3) is 0. The molecule has 2 aromatic carbocycles. The molecule has 1 heterocycles. The molecule has 1 amide bonds. The largest absolute Gasteiger partial charge is 0.504 e. The number of benzene rings is 2. The smallest absolute Gasteiger partial charge is 0.271 e. The molecule has 0 aliphatic carbocycles. The number of hydrogen-bond acceptors (Lipinski definition) is 4. The van der Waals surface area contributed by atoms with Crippen molar-refractivity contribution in [2.24, 2.45) is 5.10 Å². The number of aromatic nitrogens is 1. The highest BCUT2D eigenvalue weighted by atomic mass is 16.3. The second kappa shape index (κ2) is 5.61. The molecule has 0 atom stereocenters. The Bertz CT molecular complexity index is 868. The molecule has 6 nitrogen and oxygen atoms in total. The fourth-order valence-corrected chi connectivity index (χ4v) is 2.09. The van der Waals surface area contributed by atoms with Gasteiger partial charge in [0.1, 0.15) is 0 Å². The lowest BCUT2D eigenvalue weighted by molar-refractivity contribution is 0.0954. The van der Waals surface area contributed by atoms with Gasteiger partial charge in [0.15, 0.2) is 11.5 Å².